The molecule has 0 radical (unpaired) electrons. The Balaban J connectivity index is 2.15. The first-order valence-electron chi connectivity index (χ1n) is 7.16. The van der Waals surface area contributed by atoms with E-state index in [0.29, 0.717) is 0 Å². The number of nitrogens with one attached hydrogen (secondary N) is 1. The van der Waals surface area contributed by atoms with Crippen molar-refractivity contribution in [1.29, 1.82) is 0 Å². The summed E-state index contributed by atoms with van der Waals surface area (Å²) in [6, 6.07) is 14.9. The highest BCUT2D eigenvalue weighted by atomic mass is 35.5. The van der Waals surface area contributed by atoms with E-state index >= 15 is 0 Å². The lowest BCUT2D eigenvalue weighted by Crippen LogP contribution is -2.22. The first kappa shape index (κ1) is 14.6. The molecule has 0 spiro atoms. The van der Waals surface area contributed by atoms with Gasteiger partial charge in [-0.2, -0.15) is 0 Å². The van der Waals surface area contributed by atoms with Crippen LogP contribution in [0.2, 0.25) is 5.02 Å². The third kappa shape index (κ3) is 2.84. The normalized spacial score (nSPS) is 12.7. The molecule has 0 amide bonds. The first-order chi connectivity index (χ1) is 10.2. The molecule has 1 aromatic heterocycles. The molecule has 0 aliphatic rings. The van der Waals surface area contributed by atoms with Gasteiger partial charge in [-0.15, -0.1) is 11.3 Å². The van der Waals surface area contributed by atoms with E-state index in [9.17, 15) is 0 Å². The van der Waals surface area contributed by atoms with Crippen LogP contribution in [0.1, 0.15) is 29.7 Å². The van der Waals surface area contributed by atoms with E-state index in [2.05, 4.69) is 60.9 Å². The lowest BCUT2D eigenvalue weighted by Gasteiger charge is -2.20. The summed E-state index contributed by atoms with van der Waals surface area (Å²) in [5.41, 5.74) is 3.86. The maximum absolute atomic E-state index is 6.22. The van der Waals surface area contributed by atoms with Crippen LogP contribution < -0.4 is 5.32 Å². The first-order valence-corrected chi connectivity index (χ1v) is 8.42. The second-order valence-corrected chi connectivity index (χ2v) is 6.53. The summed E-state index contributed by atoms with van der Waals surface area (Å²) in [6.07, 6.45) is 0. The van der Waals surface area contributed by atoms with Crippen molar-refractivity contribution >= 4 is 33.0 Å². The maximum Gasteiger partial charge on any atom is 0.0594 e. The minimum atomic E-state index is 0.185. The summed E-state index contributed by atoms with van der Waals surface area (Å²) in [5.74, 6) is 0. The molecular formula is C18H18ClNS. The largest absolute Gasteiger partial charge is 0.306 e. The lowest BCUT2D eigenvalue weighted by atomic mass is 9.94. The van der Waals surface area contributed by atoms with Crippen LogP contribution in [0.25, 0.3) is 10.1 Å². The van der Waals surface area contributed by atoms with Crippen molar-refractivity contribution in [1.82, 2.24) is 5.32 Å². The van der Waals surface area contributed by atoms with Gasteiger partial charge >= 0.3 is 0 Å². The number of fused-ring (bicyclic) bond motifs is 1. The molecule has 21 heavy (non-hydrogen) atoms. The molecule has 1 unspecified atom stereocenters. The minimum absolute atomic E-state index is 0.185. The van der Waals surface area contributed by atoms with Crippen molar-refractivity contribution in [2.45, 2.75) is 19.9 Å². The van der Waals surface area contributed by atoms with Crippen molar-refractivity contribution in [2.75, 3.05) is 6.54 Å². The van der Waals surface area contributed by atoms with Crippen LogP contribution in [0, 0.1) is 6.92 Å². The summed E-state index contributed by atoms with van der Waals surface area (Å²) in [4.78, 5) is 0. The van der Waals surface area contributed by atoms with E-state index in [1.54, 1.807) is 11.3 Å². The molecule has 1 heterocycles. The van der Waals surface area contributed by atoms with Gasteiger partial charge in [0.1, 0.15) is 0 Å². The number of benzene rings is 2. The second kappa shape index (κ2) is 6.18. The van der Waals surface area contributed by atoms with Gasteiger partial charge in [-0.1, -0.05) is 42.8 Å². The molecule has 0 saturated carbocycles. The summed E-state index contributed by atoms with van der Waals surface area (Å²) in [7, 11) is 0. The molecule has 0 saturated heterocycles. The van der Waals surface area contributed by atoms with Gasteiger partial charge in [0.15, 0.2) is 0 Å². The Kier molecular flexibility index (Phi) is 4.29. The summed E-state index contributed by atoms with van der Waals surface area (Å²) >= 11 is 8.02. The van der Waals surface area contributed by atoms with Gasteiger partial charge in [-0.25, -0.2) is 0 Å². The average Bonchev–Trinajstić information content (AvgIpc) is 2.91. The van der Waals surface area contributed by atoms with Gasteiger partial charge in [0.25, 0.3) is 0 Å². The summed E-state index contributed by atoms with van der Waals surface area (Å²) in [6.45, 7) is 5.20. The molecule has 2 aromatic carbocycles. The van der Waals surface area contributed by atoms with E-state index in [-0.39, 0.29) is 6.04 Å². The fourth-order valence-corrected chi connectivity index (χ4v) is 3.90. The van der Waals surface area contributed by atoms with Crippen LogP contribution in [0.15, 0.2) is 47.8 Å². The molecule has 3 heteroatoms. The van der Waals surface area contributed by atoms with E-state index in [1.807, 2.05) is 6.07 Å². The number of halogens is 1. The molecule has 3 aromatic rings. The Morgan fingerprint density at radius 3 is 2.76 bits per heavy atom. The number of aryl methyl sites for hydroxylation is 1. The molecule has 1 atom stereocenters. The molecule has 3 rings (SSSR count). The smallest absolute Gasteiger partial charge is 0.0594 e. The Morgan fingerprint density at radius 1 is 1.14 bits per heavy atom. The summed E-state index contributed by atoms with van der Waals surface area (Å²) < 4.78 is 1.33. The van der Waals surface area contributed by atoms with Gasteiger partial charge < -0.3 is 5.32 Å². The number of rotatable bonds is 4. The zero-order valence-corrected chi connectivity index (χ0v) is 13.8. The quantitative estimate of drug-likeness (QED) is 0.664. The van der Waals surface area contributed by atoms with Crippen LogP contribution in [0.5, 0.6) is 0 Å². The zero-order valence-electron chi connectivity index (χ0n) is 12.2. The number of hydrogen-bond donors (Lipinski definition) is 1. The summed E-state index contributed by atoms with van der Waals surface area (Å²) in [5, 5.41) is 7.99. The Hall–Kier alpha value is -1.35. The molecule has 0 bridgehead atoms. The fourth-order valence-electron chi connectivity index (χ4n) is 2.74. The van der Waals surface area contributed by atoms with Gasteiger partial charge in [-0.3, -0.25) is 0 Å². The average molecular weight is 316 g/mol. The minimum Gasteiger partial charge on any atom is -0.306 e. The zero-order chi connectivity index (χ0) is 14.8. The van der Waals surface area contributed by atoms with Crippen molar-refractivity contribution in [3.05, 3.63) is 69.6 Å². The molecule has 108 valence electrons. The highest BCUT2D eigenvalue weighted by molar-refractivity contribution is 7.17. The number of hydrogen-bond acceptors (Lipinski definition) is 2. The second-order valence-electron chi connectivity index (χ2n) is 5.18. The van der Waals surface area contributed by atoms with E-state index in [0.717, 1.165) is 11.6 Å². The Labute approximate surface area is 134 Å². The van der Waals surface area contributed by atoms with Crippen LogP contribution in [-0.2, 0) is 0 Å². The van der Waals surface area contributed by atoms with Crippen molar-refractivity contribution in [3.8, 4) is 0 Å². The monoisotopic (exact) mass is 315 g/mol. The van der Waals surface area contributed by atoms with E-state index in [1.165, 1.54) is 26.8 Å². The van der Waals surface area contributed by atoms with E-state index < -0.39 is 0 Å². The fraction of sp³-hybridized carbons (Fsp3) is 0.222. The predicted octanol–water partition coefficient (Wildman–Crippen LogP) is 5.56. The molecule has 1 nitrogen and oxygen atoms in total. The van der Waals surface area contributed by atoms with Crippen LogP contribution >= 0.6 is 22.9 Å². The van der Waals surface area contributed by atoms with Crippen LogP contribution in [-0.4, -0.2) is 6.54 Å². The van der Waals surface area contributed by atoms with Crippen LogP contribution in [0.4, 0.5) is 0 Å². The standard InChI is InChI=1S/C18H18ClNS/c1-3-20-18(15-10-13(19)9-8-12(15)2)16-11-21-17-7-5-4-6-14(16)17/h4-11,18,20H,3H2,1-2H3. The van der Waals surface area contributed by atoms with Gasteiger partial charge in [0.05, 0.1) is 6.04 Å². The molecular weight excluding hydrogens is 298 g/mol. The third-order valence-corrected chi connectivity index (χ3v) is 5.00. The van der Waals surface area contributed by atoms with Crippen molar-refractivity contribution in [2.24, 2.45) is 0 Å². The van der Waals surface area contributed by atoms with Gasteiger partial charge in [0.2, 0.25) is 0 Å². The lowest BCUT2D eigenvalue weighted by molar-refractivity contribution is 0.633. The Morgan fingerprint density at radius 2 is 1.95 bits per heavy atom. The highest BCUT2D eigenvalue weighted by Gasteiger charge is 2.19. The van der Waals surface area contributed by atoms with Crippen LogP contribution in [0.3, 0.4) is 0 Å². The predicted molar refractivity (Wildman–Crippen MR) is 93.5 cm³/mol. The number of thiophene rings is 1. The van der Waals surface area contributed by atoms with E-state index in [4.69, 9.17) is 11.6 Å². The topological polar surface area (TPSA) is 12.0 Å². The maximum atomic E-state index is 6.22. The molecule has 0 aliphatic carbocycles. The SMILES string of the molecule is CCNC(c1cc(Cl)ccc1C)c1csc2ccccc12. The highest BCUT2D eigenvalue weighted by Crippen LogP contribution is 2.35. The third-order valence-electron chi connectivity index (χ3n) is 3.78. The van der Waals surface area contributed by atoms with Gasteiger partial charge in [-0.05, 0) is 59.1 Å². The molecule has 0 fully saturated rings. The molecule has 1 N–H and O–H groups in total. The van der Waals surface area contributed by atoms with Gasteiger partial charge in [0, 0.05) is 9.72 Å². The van der Waals surface area contributed by atoms with Crippen molar-refractivity contribution in [3.63, 3.8) is 0 Å². The Bertz CT molecular complexity index is 763. The van der Waals surface area contributed by atoms with Crippen molar-refractivity contribution < 1.29 is 0 Å². The molecule has 0 aliphatic heterocycles.